The van der Waals surface area contributed by atoms with Crippen molar-refractivity contribution in [2.24, 2.45) is 7.05 Å². The van der Waals surface area contributed by atoms with Gasteiger partial charge in [-0.2, -0.15) is 10.2 Å². The molecule has 27 heavy (non-hydrogen) atoms. The summed E-state index contributed by atoms with van der Waals surface area (Å²) in [7, 11) is 0.630. The number of hydrogen-bond acceptors (Lipinski definition) is 5. The first-order chi connectivity index (χ1) is 12.7. The van der Waals surface area contributed by atoms with Crippen molar-refractivity contribution in [2.75, 3.05) is 6.61 Å². The van der Waals surface area contributed by atoms with Crippen molar-refractivity contribution >= 4 is 47.3 Å². The number of aryl methyl sites for hydroxylation is 1. The van der Waals surface area contributed by atoms with Gasteiger partial charge < -0.3 is 4.74 Å². The van der Waals surface area contributed by atoms with Crippen LogP contribution in [0.25, 0.3) is 22.0 Å². The van der Waals surface area contributed by atoms with Crippen LogP contribution >= 0.6 is 22.6 Å². The van der Waals surface area contributed by atoms with Gasteiger partial charge in [-0.1, -0.05) is 19.6 Å². The van der Waals surface area contributed by atoms with Crippen LogP contribution in [0.5, 0.6) is 0 Å². The highest BCUT2D eigenvalue weighted by atomic mass is 127. The van der Waals surface area contributed by atoms with Gasteiger partial charge in [-0.25, -0.2) is 4.68 Å². The van der Waals surface area contributed by atoms with Crippen molar-refractivity contribution in [3.05, 3.63) is 38.3 Å². The second-order valence-electron chi connectivity index (χ2n) is 7.68. The summed E-state index contributed by atoms with van der Waals surface area (Å²) in [6, 6.07) is 4.47. The molecule has 0 atom stereocenters. The van der Waals surface area contributed by atoms with Crippen LogP contribution in [0.3, 0.4) is 0 Å². The molecule has 0 aliphatic carbocycles. The Hall–Kier alpha value is -1.79. The second-order valence-corrected chi connectivity index (χ2v) is 14.3. The zero-order chi connectivity index (χ0) is 19.8. The maximum Gasteiger partial charge on any atom is 0.278 e. The number of hydrogen-bond donors (Lipinski definition) is 0. The Kier molecular flexibility index (Phi) is 5.67. The van der Waals surface area contributed by atoms with E-state index in [1.807, 2.05) is 6.07 Å². The predicted octanol–water partition coefficient (Wildman–Crippen LogP) is 4.26. The van der Waals surface area contributed by atoms with E-state index >= 15 is 0 Å². The number of nitro benzene ring substituents is 1. The Bertz CT molecular complexity index is 993. The lowest BCUT2D eigenvalue weighted by molar-refractivity contribution is -0.384. The third-order valence-electron chi connectivity index (χ3n) is 4.25. The summed E-state index contributed by atoms with van der Waals surface area (Å²) < 4.78 is 9.94. The second kappa shape index (κ2) is 7.68. The van der Waals surface area contributed by atoms with Crippen LogP contribution in [0.1, 0.15) is 0 Å². The molecule has 0 N–H and O–H groups in total. The van der Waals surface area contributed by atoms with Crippen molar-refractivity contribution in [1.29, 1.82) is 0 Å². The average Bonchev–Trinajstić information content (AvgIpc) is 3.13. The molecule has 0 radical (unpaired) electrons. The van der Waals surface area contributed by atoms with E-state index in [1.54, 1.807) is 34.9 Å². The van der Waals surface area contributed by atoms with E-state index in [0.717, 1.165) is 20.6 Å². The van der Waals surface area contributed by atoms with Crippen LogP contribution in [0.2, 0.25) is 25.7 Å². The number of halogens is 1. The zero-order valence-electron chi connectivity index (χ0n) is 15.8. The van der Waals surface area contributed by atoms with Crippen molar-refractivity contribution in [2.45, 2.75) is 32.4 Å². The van der Waals surface area contributed by atoms with Crippen molar-refractivity contribution < 1.29 is 9.66 Å². The van der Waals surface area contributed by atoms with E-state index in [4.69, 9.17) is 4.74 Å². The van der Waals surface area contributed by atoms with Gasteiger partial charge in [0.1, 0.15) is 10.4 Å². The van der Waals surface area contributed by atoms with Gasteiger partial charge in [-0.3, -0.25) is 14.8 Å². The molecule has 0 saturated carbocycles. The van der Waals surface area contributed by atoms with Gasteiger partial charge in [-0.05, 0) is 34.7 Å². The molecule has 3 rings (SSSR count). The van der Waals surface area contributed by atoms with Gasteiger partial charge in [0.15, 0.2) is 0 Å². The average molecular weight is 499 g/mol. The Morgan fingerprint density at radius 1 is 1.33 bits per heavy atom. The molecule has 0 unspecified atom stereocenters. The van der Waals surface area contributed by atoms with Gasteiger partial charge >= 0.3 is 0 Å². The van der Waals surface area contributed by atoms with Gasteiger partial charge in [0.05, 0.1) is 22.2 Å². The van der Waals surface area contributed by atoms with E-state index in [2.05, 4.69) is 52.4 Å². The molecule has 0 bridgehead atoms. The summed E-state index contributed by atoms with van der Waals surface area (Å²) in [4.78, 5) is 11.2. The summed E-state index contributed by atoms with van der Waals surface area (Å²) in [6.45, 7) is 7.94. The Balaban J connectivity index is 1.98. The lowest BCUT2D eigenvalue weighted by Crippen LogP contribution is -2.22. The van der Waals surface area contributed by atoms with Crippen LogP contribution in [0.15, 0.2) is 24.5 Å². The Morgan fingerprint density at radius 2 is 2.07 bits per heavy atom. The first kappa shape index (κ1) is 20.0. The van der Waals surface area contributed by atoms with Crippen molar-refractivity contribution in [3.63, 3.8) is 0 Å². The summed E-state index contributed by atoms with van der Waals surface area (Å²) in [5.74, 6) is 0. The maximum atomic E-state index is 11.6. The highest BCUT2D eigenvalue weighted by molar-refractivity contribution is 14.1. The fourth-order valence-corrected chi connectivity index (χ4v) is 4.19. The number of ether oxygens (including phenoxy) is 1. The molecule has 1 aromatic carbocycles. The number of nitro groups is 1. The smallest absolute Gasteiger partial charge is 0.278 e. The van der Waals surface area contributed by atoms with Crippen LogP contribution in [-0.2, 0) is 18.5 Å². The highest BCUT2D eigenvalue weighted by Crippen LogP contribution is 2.35. The molecule has 0 aliphatic rings. The van der Waals surface area contributed by atoms with Crippen LogP contribution < -0.4 is 0 Å². The molecule has 2 heterocycles. The summed E-state index contributed by atoms with van der Waals surface area (Å²) in [6.07, 6.45) is 3.40. The monoisotopic (exact) mass is 499 g/mol. The van der Waals surface area contributed by atoms with E-state index in [0.29, 0.717) is 24.5 Å². The largest absolute Gasteiger partial charge is 0.360 e. The fraction of sp³-hybridized carbons (Fsp3) is 0.412. The number of aromatic nitrogens is 4. The lowest BCUT2D eigenvalue weighted by atomic mass is 10.1. The van der Waals surface area contributed by atoms with Crippen molar-refractivity contribution in [3.8, 4) is 11.1 Å². The number of rotatable bonds is 7. The van der Waals surface area contributed by atoms with E-state index in [1.165, 1.54) is 0 Å². The molecule has 2 aromatic heterocycles. The molecule has 0 spiro atoms. The van der Waals surface area contributed by atoms with E-state index < -0.39 is 8.07 Å². The third kappa shape index (κ3) is 4.55. The summed E-state index contributed by atoms with van der Waals surface area (Å²) in [5.41, 5.74) is 2.10. The number of fused-ring (bicyclic) bond motifs is 1. The third-order valence-corrected chi connectivity index (χ3v) is 6.75. The molecular weight excluding hydrogens is 477 g/mol. The van der Waals surface area contributed by atoms with Crippen molar-refractivity contribution in [1.82, 2.24) is 19.6 Å². The number of nitrogens with zero attached hydrogens (tertiary/aromatic N) is 5. The summed E-state index contributed by atoms with van der Waals surface area (Å²) >= 11 is 2.10. The Morgan fingerprint density at radius 3 is 2.67 bits per heavy atom. The minimum Gasteiger partial charge on any atom is -0.360 e. The van der Waals surface area contributed by atoms with Crippen LogP contribution in [-0.4, -0.2) is 39.2 Å². The molecule has 144 valence electrons. The molecule has 8 nitrogen and oxygen atoms in total. The van der Waals surface area contributed by atoms with Gasteiger partial charge in [-0.15, -0.1) is 0 Å². The molecule has 10 heteroatoms. The SMILES string of the molecule is Cn1cc(-c2cc3c(cc2[N+](=O)[O-])c(I)nn3COCC[Si](C)(C)C)cn1. The predicted molar refractivity (Wildman–Crippen MR) is 115 cm³/mol. The van der Waals surface area contributed by atoms with Gasteiger partial charge in [0, 0.05) is 44.9 Å². The molecular formula is C17H22IN5O3Si. The molecule has 0 amide bonds. The molecule has 0 saturated heterocycles. The first-order valence-electron chi connectivity index (χ1n) is 8.57. The quantitative estimate of drug-likeness (QED) is 0.159. The van der Waals surface area contributed by atoms with Crippen LogP contribution in [0.4, 0.5) is 5.69 Å². The van der Waals surface area contributed by atoms with Crippen LogP contribution in [0, 0.1) is 13.8 Å². The molecule has 3 aromatic rings. The fourth-order valence-electron chi connectivity index (χ4n) is 2.74. The maximum absolute atomic E-state index is 11.6. The first-order valence-corrected chi connectivity index (χ1v) is 13.4. The molecule has 0 aliphatic heterocycles. The minimum atomic E-state index is -1.16. The highest BCUT2D eigenvalue weighted by Gasteiger charge is 2.22. The topological polar surface area (TPSA) is 88.0 Å². The lowest BCUT2D eigenvalue weighted by Gasteiger charge is -2.15. The summed E-state index contributed by atoms with van der Waals surface area (Å²) in [5, 5.41) is 21.0. The van der Waals surface area contributed by atoms with E-state index in [-0.39, 0.29) is 10.6 Å². The Labute approximate surface area is 171 Å². The standard InChI is InChI=1S/C17H22IN5O3Si/c1-21-10-12(9-19-21)13-7-15-14(8-16(13)23(24)25)17(18)20-22(15)11-26-5-6-27(2,3)4/h7-10H,5-6,11H2,1-4H3. The van der Waals surface area contributed by atoms with Gasteiger partial charge in [0.2, 0.25) is 0 Å². The number of benzene rings is 1. The zero-order valence-corrected chi connectivity index (χ0v) is 18.9. The van der Waals surface area contributed by atoms with Gasteiger partial charge in [0.25, 0.3) is 5.69 Å². The normalized spacial score (nSPS) is 12.0. The minimum absolute atomic E-state index is 0.0487. The van der Waals surface area contributed by atoms with E-state index in [9.17, 15) is 10.1 Å². The molecule has 0 fully saturated rings.